The Kier molecular flexibility index (Phi) is 7.37. The van der Waals surface area contributed by atoms with Gasteiger partial charge in [0.1, 0.15) is 24.0 Å². The molecule has 1 aliphatic rings. The molecule has 0 saturated heterocycles. The molecule has 0 bridgehead atoms. The van der Waals surface area contributed by atoms with Crippen LogP contribution in [0.1, 0.15) is 43.0 Å². The molecule has 0 saturated carbocycles. The number of anilines is 2. The number of hydrogen-bond acceptors (Lipinski definition) is 4. The second-order valence-corrected chi connectivity index (χ2v) is 14.2. The van der Waals surface area contributed by atoms with Crippen molar-refractivity contribution in [1.82, 2.24) is 14.5 Å². The van der Waals surface area contributed by atoms with Crippen LogP contribution >= 0.6 is 0 Å². The Morgan fingerprint density at radius 3 is 2.27 bits per heavy atom. The van der Waals surface area contributed by atoms with E-state index in [0.29, 0.717) is 6.67 Å². The fourth-order valence-corrected chi connectivity index (χ4v) is 7.25. The molecule has 0 amide bonds. The minimum absolute atomic E-state index is 0.0335. The van der Waals surface area contributed by atoms with Gasteiger partial charge in [-0.25, -0.2) is 4.98 Å². The van der Waals surface area contributed by atoms with Crippen LogP contribution in [0.15, 0.2) is 121 Å². The van der Waals surface area contributed by atoms with Crippen molar-refractivity contribution < 1.29 is 4.74 Å². The summed E-state index contributed by atoms with van der Waals surface area (Å²) in [6.45, 7) is 13.9. The second kappa shape index (κ2) is 11.8. The van der Waals surface area contributed by atoms with E-state index in [1.54, 1.807) is 0 Å². The van der Waals surface area contributed by atoms with Crippen LogP contribution in [0.2, 0.25) is 0 Å². The van der Waals surface area contributed by atoms with Crippen LogP contribution in [-0.4, -0.2) is 14.5 Å². The van der Waals surface area contributed by atoms with Crippen LogP contribution in [0.25, 0.3) is 44.8 Å². The number of nitrogens with zero attached hydrogens (tertiary/aromatic N) is 4. The van der Waals surface area contributed by atoms with Crippen molar-refractivity contribution in [2.75, 3.05) is 4.90 Å². The first-order valence-corrected chi connectivity index (χ1v) is 16.9. The minimum Gasteiger partial charge on any atom is -0.457 e. The molecule has 0 aliphatic carbocycles. The summed E-state index contributed by atoms with van der Waals surface area (Å²) < 4.78 is 9.09. The van der Waals surface area contributed by atoms with E-state index in [4.69, 9.17) is 14.7 Å². The van der Waals surface area contributed by atoms with Crippen LogP contribution in [0.4, 0.5) is 11.4 Å². The predicted octanol–water partition coefficient (Wildman–Crippen LogP) is 11.6. The van der Waals surface area contributed by atoms with Crippen molar-refractivity contribution in [3.8, 4) is 45.3 Å². The maximum atomic E-state index is 6.77. The fourth-order valence-electron chi connectivity index (χ4n) is 7.25. The third-order valence-corrected chi connectivity index (χ3v) is 9.53. The summed E-state index contributed by atoms with van der Waals surface area (Å²) in [4.78, 5) is 12.1. The molecule has 49 heavy (non-hydrogen) atoms. The number of rotatable bonds is 5. The standard InChI is InChI=1S/C44H40N4O/c1-28-20-29(2)42(30(3)21-28)32-22-34(47-27-48-41-17-10-8-15-38(41)46-43(48)37-14-7-9-16-40(37)47)26-36(24-32)49-35-13-11-12-31(23-35)39-25-33(18-19-45-39)44(4,5)6/h7-26H,27H2,1-6H3. The van der Waals surface area contributed by atoms with Crippen molar-refractivity contribution in [2.24, 2.45) is 0 Å². The molecule has 0 spiro atoms. The maximum absolute atomic E-state index is 6.77. The predicted molar refractivity (Wildman–Crippen MR) is 202 cm³/mol. The van der Waals surface area contributed by atoms with Gasteiger partial charge in [0.25, 0.3) is 0 Å². The molecule has 8 rings (SSSR count). The lowest BCUT2D eigenvalue weighted by Crippen LogP contribution is -2.26. The van der Waals surface area contributed by atoms with Gasteiger partial charge >= 0.3 is 0 Å². The largest absolute Gasteiger partial charge is 0.457 e. The summed E-state index contributed by atoms with van der Waals surface area (Å²) in [5.74, 6) is 2.54. The quantitative estimate of drug-likeness (QED) is 0.188. The van der Waals surface area contributed by atoms with E-state index in [1.165, 1.54) is 27.8 Å². The Morgan fingerprint density at radius 1 is 0.694 bits per heavy atom. The van der Waals surface area contributed by atoms with E-state index in [2.05, 4.69) is 154 Å². The van der Waals surface area contributed by atoms with Crippen molar-refractivity contribution in [2.45, 2.75) is 53.6 Å². The van der Waals surface area contributed by atoms with Crippen molar-refractivity contribution in [3.05, 3.63) is 144 Å². The lowest BCUT2D eigenvalue weighted by atomic mass is 9.87. The van der Waals surface area contributed by atoms with Gasteiger partial charge in [0.2, 0.25) is 0 Å². The van der Waals surface area contributed by atoms with E-state index >= 15 is 0 Å². The van der Waals surface area contributed by atoms with E-state index in [-0.39, 0.29) is 5.41 Å². The fraction of sp³-hybridized carbons (Fsp3) is 0.182. The Labute approximate surface area is 288 Å². The van der Waals surface area contributed by atoms with E-state index < -0.39 is 0 Å². The molecule has 2 aromatic heterocycles. The normalized spacial score (nSPS) is 12.6. The lowest BCUT2D eigenvalue weighted by molar-refractivity contribution is 0.483. The highest BCUT2D eigenvalue weighted by Crippen LogP contribution is 2.44. The summed E-state index contributed by atoms with van der Waals surface area (Å²) in [6, 6.07) is 40.6. The van der Waals surface area contributed by atoms with Crippen LogP contribution in [0, 0.1) is 20.8 Å². The van der Waals surface area contributed by atoms with Gasteiger partial charge in [0, 0.05) is 29.1 Å². The van der Waals surface area contributed by atoms with Gasteiger partial charge in [-0.05, 0) is 115 Å². The number of benzene rings is 5. The van der Waals surface area contributed by atoms with E-state index in [9.17, 15) is 0 Å². The highest BCUT2D eigenvalue weighted by molar-refractivity contribution is 5.89. The summed E-state index contributed by atoms with van der Waals surface area (Å²) in [6.07, 6.45) is 1.90. The Bertz CT molecular complexity index is 2360. The molecular formula is C44H40N4O. The zero-order valence-corrected chi connectivity index (χ0v) is 29.0. The SMILES string of the molecule is Cc1cc(C)c(-c2cc(Oc3cccc(-c4cc(C(C)(C)C)ccn4)c3)cc(N3Cn4c(nc5ccccc54)-c4ccccc43)c2)c(C)c1. The number of ether oxygens (including phenoxy) is 1. The van der Waals surface area contributed by atoms with Crippen LogP contribution < -0.4 is 9.64 Å². The number of aromatic nitrogens is 3. The Hall–Kier alpha value is -5.68. The number of fused-ring (bicyclic) bond motifs is 5. The molecular weight excluding hydrogens is 601 g/mol. The van der Waals surface area contributed by atoms with Crippen LogP contribution in [-0.2, 0) is 12.1 Å². The minimum atomic E-state index is 0.0335. The monoisotopic (exact) mass is 640 g/mol. The molecule has 1 aliphatic heterocycles. The second-order valence-electron chi connectivity index (χ2n) is 14.2. The zero-order chi connectivity index (χ0) is 33.9. The molecule has 5 aromatic carbocycles. The number of imidazole rings is 1. The van der Waals surface area contributed by atoms with Crippen LogP contribution in [0.5, 0.6) is 11.5 Å². The van der Waals surface area contributed by atoms with Crippen LogP contribution in [0.3, 0.4) is 0 Å². The summed E-state index contributed by atoms with van der Waals surface area (Å²) >= 11 is 0. The topological polar surface area (TPSA) is 43.2 Å². The van der Waals surface area contributed by atoms with Gasteiger partial charge in [0.05, 0.1) is 22.4 Å². The molecule has 0 N–H and O–H groups in total. The van der Waals surface area contributed by atoms with Gasteiger partial charge in [0.15, 0.2) is 0 Å². The molecule has 0 unspecified atom stereocenters. The van der Waals surface area contributed by atoms with Crippen molar-refractivity contribution in [1.29, 1.82) is 0 Å². The molecule has 3 heterocycles. The molecule has 0 atom stereocenters. The zero-order valence-electron chi connectivity index (χ0n) is 29.0. The number of aryl methyl sites for hydroxylation is 3. The maximum Gasteiger partial charge on any atom is 0.144 e. The molecule has 5 nitrogen and oxygen atoms in total. The first-order chi connectivity index (χ1) is 23.6. The molecule has 0 fully saturated rings. The van der Waals surface area contributed by atoms with Gasteiger partial charge in [-0.3, -0.25) is 4.98 Å². The van der Waals surface area contributed by atoms with E-state index in [0.717, 1.165) is 62.1 Å². The Balaban J connectivity index is 1.26. The first kappa shape index (κ1) is 30.6. The van der Waals surface area contributed by atoms with Gasteiger partial charge in [-0.2, -0.15) is 0 Å². The first-order valence-electron chi connectivity index (χ1n) is 16.9. The van der Waals surface area contributed by atoms with E-state index in [1.807, 2.05) is 18.3 Å². The Morgan fingerprint density at radius 2 is 1.45 bits per heavy atom. The van der Waals surface area contributed by atoms with Gasteiger partial charge in [-0.15, -0.1) is 0 Å². The number of hydrogen-bond donors (Lipinski definition) is 0. The van der Waals surface area contributed by atoms with Crippen molar-refractivity contribution in [3.63, 3.8) is 0 Å². The average molecular weight is 641 g/mol. The third-order valence-electron chi connectivity index (χ3n) is 9.53. The summed E-state index contributed by atoms with van der Waals surface area (Å²) in [5, 5.41) is 0. The summed E-state index contributed by atoms with van der Waals surface area (Å²) in [5.41, 5.74) is 14.8. The van der Waals surface area contributed by atoms with Gasteiger partial charge in [-0.1, -0.05) is 74.9 Å². The molecule has 0 radical (unpaired) electrons. The van der Waals surface area contributed by atoms with Gasteiger partial charge < -0.3 is 14.2 Å². The average Bonchev–Trinajstić information content (AvgIpc) is 3.46. The van der Waals surface area contributed by atoms with Crippen molar-refractivity contribution >= 4 is 22.4 Å². The molecule has 5 heteroatoms. The lowest BCUT2D eigenvalue weighted by Gasteiger charge is -2.33. The molecule has 242 valence electrons. The highest BCUT2D eigenvalue weighted by Gasteiger charge is 2.27. The highest BCUT2D eigenvalue weighted by atomic mass is 16.5. The summed E-state index contributed by atoms with van der Waals surface area (Å²) in [7, 11) is 0. The molecule has 7 aromatic rings. The number of pyridine rings is 1. The smallest absolute Gasteiger partial charge is 0.144 e. The third kappa shape index (κ3) is 5.65. The number of para-hydroxylation sites is 3.